The predicted octanol–water partition coefficient (Wildman–Crippen LogP) is 0.550. The lowest BCUT2D eigenvalue weighted by Gasteiger charge is -2.12. The molecule has 0 saturated carbocycles. The summed E-state index contributed by atoms with van der Waals surface area (Å²) in [6.45, 7) is 3.73. The Hall–Kier alpha value is -0.980. The molecule has 0 aliphatic carbocycles. The smallest absolute Gasteiger partial charge is 0.234 e. The van der Waals surface area contributed by atoms with Crippen molar-refractivity contribution in [3.8, 4) is 0 Å². The molecule has 0 fully saturated rings. The number of aromatic nitrogens is 4. The molecule has 0 aromatic carbocycles. The van der Waals surface area contributed by atoms with E-state index < -0.39 is 0 Å². The van der Waals surface area contributed by atoms with Crippen LogP contribution in [0.25, 0.3) is 0 Å². The first-order chi connectivity index (χ1) is 6.65. The van der Waals surface area contributed by atoms with Crippen LogP contribution in [-0.2, 0) is 4.79 Å². The summed E-state index contributed by atoms with van der Waals surface area (Å²) in [6, 6.07) is -0.229. The first kappa shape index (κ1) is 11.1. The van der Waals surface area contributed by atoms with Gasteiger partial charge in [0.25, 0.3) is 0 Å². The molecule has 0 bridgehead atoms. The zero-order valence-electron chi connectivity index (χ0n) is 7.99. The van der Waals surface area contributed by atoms with Crippen LogP contribution >= 0.6 is 15.9 Å². The third-order valence-electron chi connectivity index (χ3n) is 1.75. The molecular weight excluding hydrogens is 250 g/mol. The minimum Gasteiger partial charge on any atom is -0.345 e. The van der Waals surface area contributed by atoms with Crippen molar-refractivity contribution in [2.24, 2.45) is 0 Å². The van der Waals surface area contributed by atoms with Gasteiger partial charge >= 0.3 is 0 Å². The molecule has 2 N–H and O–H groups in total. The number of tetrazole rings is 1. The van der Waals surface area contributed by atoms with Crippen LogP contribution in [0.1, 0.15) is 32.1 Å². The number of halogens is 1. The van der Waals surface area contributed by atoms with E-state index in [1.54, 1.807) is 6.92 Å². The van der Waals surface area contributed by atoms with Gasteiger partial charge in [0.15, 0.2) is 5.82 Å². The van der Waals surface area contributed by atoms with Gasteiger partial charge < -0.3 is 5.32 Å². The molecule has 1 amide bonds. The first-order valence-corrected chi connectivity index (χ1v) is 5.24. The Morgan fingerprint density at radius 1 is 1.71 bits per heavy atom. The fourth-order valence-electron chi connectivity index (χ4n) is 0.907. The zero-order chi connectivity index (χ0) is 10.6. The molecule has 1 aromatic heterocycles. The number of hydrogen-bond donors (Lipinski definition) is 2. The number of carbonyl (C=O) groups is 1. The predicted molar refractivity (Wildman–Crippen MR) is 53.7 cm³/mol. The molecule has 6 nitrogen and oxygen atoms in total. The molecule has 0 aliphatic rings. The molecule has 1 rings (SSSR count). The second-order valence-corrected chi connectivity index (χ2v) is 3.98. The van der Waals surface area contributed by atoms with Crippen molar-refractivity contribution in [2.45, 2.75) is 31.1 Å². The standard InChI is InChI=1S/C7H12BrN5O/c1-3-5(8)7(14)9-4(2)6-10-12-13-11-6/h4-5H,3H2,1-2H3,(H,9,14)(H,10,11,12,13). The van der Waals surface area contributed by atoms with Crippen molar-refractivity contribution >= 4 is 21.8 Å². The van der Waals surface area contributed by atoms with Crippen molar-refractivity contribution in [1.29, 1.82) is 0 Å². The normalized spacial score (nSPS) is 14.8. The maximum atomic E-state index is 11.4. The average molecular weight is 262 g/mol. The Bertz CT molecular complexity index is 288. The summed E-state index contributed by atoms with van der Waals surface area (Å²) in [4.78, 5) is 11.3. The third kappa shape index (κ3) is 2.76. The van der Waals surface area contributed by atoms with Crippen LogP contribution in [0.2, 0.25) is 0 Å². The molecule has 1 aromatic rings. The molecule has 0 saturated heterocycles. The zero-order valence-corrected chi connectivity index (χ0v) is 9.58. The summed E-state index contributed by atoms with van der Waals surface area (Å²) in [5.41, 5.74) is 0. The van der Waals surface area contributed by atoms with Gasteiger partial charge in [0.1, 0.15) is 0 Å². The van der Waals surface area contributed by atoms with Crippen LogP contribution in [0, 0.1) is 0 Å². The number of alkyl halides is 1. The SMILES string of the molecule is CCC(Br)C(=O)NC(C)c1nn[nH]n1. The van der Waals surface area contributed by atoms with Crippen LogP contribution in [0.15, 0.2) is 0 Å². The third-order valence-corrected chi connectivity index (χ3v) is 2.81. The van der Waals surface area contributed by atoms with Crippen molar-refractivity contribution in [3.63, 3.8) is 0 Å². The second kappa shape index (κ2) is 5.04. The summed E-state index contributed by atoms with van der Waals surface area (Å²) in [6.07, 6.45) is 0.741. The van der Waals surface area contributed by atoms with Gasteiger partial charge in [0.2, 0.25) is 5.91 Å². The quantitative estimate of drug-likeness (QED) is 0.776. The van der Waals surface area contributed by atoms with Crippen LogP contribution in [-0.4, -0.2) is 31.4 Å². The average Bonchev–Trinajstić information content (AvgIpc) is 2.69. The van der Waals surface area contributed by atoms with E-state index >= 15 is 0 Å². The lowest BCUT2D eigenvalue weighted by atomic mass is 10.2. The number of nitrogens with zero attached hydrogens (tertiary/aromatic N) is 3. The lowest BCUT2D eigenvalue weighted by Crippen LogP contribution is -2.33. The van der Waals surface area contributed by atoms with E-state index in [1.807, 2.05) is 6.92 Å². The van der Waals surface area contributed by atoms with Gasteiger partial charge in [-0.3, -0.25) is 4.79 Å². The topological polar surface area (TPSA) is 83.6 Å². The number of carbonyl (C=O) groups excluding carboxylic acids is 1. The van der Waals surface area contributed by atoms with Gasteiger partial charge in [-0.25, -0.2) is 0 Å². The van der Waals surface area contributed by atoms with Crippen molar-refractivity contribution in [3.05, 3.63) is 5.82 Å². The van der Waals surface area contributed by atoms with E-state index in [0.29, 0.717) is 5.82 Å². The lowest BCUT2D eigenvalue weighted by molar-refractivity contribution is -0.121. The van der Waals surface area contributed by atoms with Gasteiger partial charge in [-0.2, -0.15) is 5.21 Å². The van der Waals surface area contributed by atoms with E-state index in [4.69, 9.17) is 0 Å². The van der Waals surface area contributed by atoms with Crippen molar-refractivity contribution in [1.82, 2.24) is 25.9 Å². The number of H-pyrrole nitrogens is 1. The molecule has 0 spiro atoms. The summed E-state index contributed by atoms with van der Waals surface area (Å²) < 4.78 is 0. The van der Waals surface area contributed by atoms with E-state index in [1.165, 1.54) is 0 Å². The van der Waals surface area contributed by atoms with Gasteiger partial charge in [0, 0.05) is 0 Å². The minimum absolute atomic E-state index is 0.0650. The highest BCUT2D eigenvalue weighted by molar-refractivity contribution is 9.10. The van der Waals surface area contributed by atoms with Crippen LogP contribution in [0.5, 0.6) is 0 Å². The largest absolute Gasteiger partial charge is 0.345 e. The first-order valence-electron chi connectivity index (χ1n) is 4.33. The van der Waals surface area contributed by atoms with E-state index in [2.05, 4.69) is 41.9 Å². The molecule has 0 radical (unpaired) electrons. The number of rotatable bonds is 4. The Kier molecular flexibility index (Phi) is 3.99. The van der Waals surface area contributed by atoms with Crippen LogP contribution in [0.3, 0.4) is 0 Å². The number of hydrogen-bond acceptors (Lipinski definition) is 4. The maximum absolute atomic E-state index is 11.4. The highest BCUT2D eigenvalue weighted by Gasteiger charge is 2.17. The highest BCUT2D eigenvalue weighted by atomic mass is 79.9. The highest BCUT2D eigenvalue weighted by Crippen LogP contribution is 2.08. The molecule has 0 aliphatic heterocycles. The van der Waals surface area contributed by atoms with E-state index in [0.717, 1.165) is 6.42 Å². The fourth-order valence-corrected chi connectivity index (χ4v) is 1.04. The number of aromatic amines is 1. The Labute approximate surface area is 90.0 Å². The van der Waals surface area contributed by atoms with Gasteiger partial charge in [0.05, 0.1) is 10.9 Å². The summed E-state index contributed by atoms with van der Waals surface area (Å²) in [7, 11) is 0. The molecule has 1 heterocycles. The summed E-state index contributed by atoms with van der Waals surface area (Å²) >= 11 is 3.26. The fraction of sp³-hybridized carbons (Fsp3) is 0.714. The number of nitrogens with one attached hydrogen (secondary N) is 2. The molecule has 2 unspecified atom stereocenters. The van der Waals surface area contributed by atoms with Crippen LogP contribution in [0.4, 0.5) is 0 Å². The second-order valence-electron chi connectivity index (χ2n) is 2.88. The van der Waals surface area contributed by atoms with Gasteiger partial charge in [-0.15, -0.1) is 10.2 Å². The minimum atomic E-state index is -0.229. The number of amides is 1. The molecular formula is C7H12BrN5O. The van der Waals surface area contributed by atoms with Gasteiger partial charge in [-0.05, 0) is 13.3 Å². The Morgan fingerprint density at radius 2 is 2.43 bits per heavy atom. The molecule has 7 heteroatoms. The van der Waals surface area contributed by atoms with Crippen LogP contribution < -0.4 is 5.32 Å². The van der Waals surface area contributed by atoms with Gasteiger partial charge in [-0.1, -0.05) is 28.1 Å². The van der Waals surface area contributed by atoms with Crippen molar-refractivity contribution < 1.29 is 4.79 Å². The monoisotopic (exact) mass is 261 g/mol. The summed E-state index contributed by atoms with van der Waals surface area (Å²) in [5.74, 6) is 0.416. The van der Waals surface area contributed by atoms with E-state index in [-0.39, 0.29) is 16.8 Å². The Morgan fingerprint density at radius 3 is 2.93 bits per heavy atom. The van der Waals surface area contributed by atoms with E-state index in [9.17, 15) is 4.79 Å². The van der Waals surface area contributed by atoms with Crippen molar-refractivity contribution in [2.75, 3.05) is 0 Å². The molecule has 78 valence electrons. The Balaban J connectivity index is 2.49. The molecule has 2 atom stereocenters. The summed E-state index contributed by atoms with van der Waals surface area (Å²) in [5, 5.41) is 16.1. The maximum Gasteiger partial charge on any atom is 0.234 e. The molecule has 14 heavy (non-hydrogen) atoms.